The van der Waals surface area contributed by atoms with E-state index in [-0.39, 0.29) is 22.9 Å². The summed E-state index contributed by atoms with van der Waals surface area (Å²) in [7, 11) is 3.11. The highest BCUT2D eigenvalue weighted by atomic mass is 32.2. The molecule has 9 nitrogen and oxygen atoms in total. The normalized spacial score (nSPS) is 11.5. The summed E-state index contributed by atoms with van der Waals surface area (Å²) in [6.45, 7) is 3.17. The molecule has 31 heavy (non-hydrogen) atoms. The van der Waals surface area contributed by atoms with E-state index in [0.29, 0.717) is 28.4 Å². The fourth-order valence-electron chi connectivity index (χ4n) is 2.63. The molecule has 2 amide bonds. The Morgan fingerprint density at radius 3 is 2.29 bits per heavy atom. The van der Waals surface area contributed by atoms with Crippen molar-refractivity contribution in [2.24, 2.45) is 0 Å². The van der Waals surface area contributed by atoms with Crippen molar-refractivity contribution in [2.45, 2.75) is 24.3 Å². The van der Waals surface area contributed by atoms with E-state index < -0.39 is 5.25 Å². The third-order valence-corrected chi connectivity index (χ3v) is 5.10. The second-order valence-corrected chi connectivity index (χ2v) is 7.74. The number of thioether (sulfide) groups is 1. The maximum absolute atomic E-state index is 12.5. The van der Waals surface area contributed by atoms with Gasteiger partial charge < -0.3 is 24.5 Å². The lowest BCUT2D eigenvalue weighted by atomic mass is 10.2. The van der Waals surface area contributed by atoms with Gasteiger partial charge in [-0.05, 0) is 43.3 Å². The fraction of sp³-hybridized carbons (Fsp3) is 0.238. The molecule has 10 heteroatoms. The topological polar surface area (TPSA) is 116 Å². The van der Waals surface area contributed by atoms with Crippen LogP contribution in [0, 0.1) is 0 Å². The molecule has 0 bridgehead atoms. The van der Waals surface area contributed by atoms with Gasteiger partial charge in [0.2, 0.25) is 11.8 Å². The molecule has 0 saturated carbocycles. The van der Waals surface area contributed by atoms with Gasteiger partial charge in [-0.15, -0.1) is 10.2 Å². The van der Waals surface area contributed by atoms with E-state index in [1.807, 2.05) is 0 Å². The van der Waals surface area contributed by atoms with E-state index in [0.717, 1.165) is 11.8 Å². The van der Waals surface area contributed by atoms with Gasteiger partial charge in [0.05, 0.1) is 25.0 Å². The Bertz CT molecular complexity index is 1070. The van der Waals surface area contributed by atoms with Gasteiger partial charge in [-0.1, -0.05) is 11.8 Å². The number of ether oxygens (including phenoxy) is 2. The number of amides is 2. The van der Waals surface area contributed by atoms with Crippen molar-refractivity contribution in [1.29, 1.82) is 0 Å². The highest BCUT2D eigenvalue weighted by Crippen LogP contribution is 2.34. The molecule has 0 radical (unpaired) electrons. The number of benzene rings is 2. The summed E-state index contributed by atoms with van der Waals surface area (Å²) in [5.74, 6) is 1.08. The van der Waals surface area contributed by atoms with E-state index in [1.54, 1.807) is 63.6 Å². The number of anilines is 2. The summed E-state index contributed by atoms with van der Waals surface area (Å²) in [6.07, 6.45) is 0. The number of nitrogens with one attached hydrogen (secondary N) is 2. The maximum atomic E-state index is 12.5. The van der Waals surface area contributed by atoms with Crippen molar-refractivity contribution in [1.82, 2.24) is 10.2 Å². The summed E-state index contributed by atoms with van der Waals surface area (Å²) in [5.41, 5.74) is 1.89. The van der Waals surface area contributed by atoms with Gasteiger partial charge >= 0.3 is 0 Å². The molecule has 2 aromatic carbocycles. The lowest BCUT2D eigenvalue weighted by molar-refractivity contribution is -0.115. The minimum absolute atomic E-state index is 0.159. The quantitative estimate of drug-likeness (QED) is 0.506. The van der Waals surface area contributed by atoms with Gasteiger partial charge in [0.1, 0.15) is 11.5 Å². The first-order chi connectivity index (χ1) is 14.9. The second kappa shape index (κ2) is 9.98. The summed E-state index contributed by atoms with van der Waals surface area (Å²) in [6, 6.07) is 12.1. The van der Waals surface area contributed by atoms with Crippen LogP contribution in [-0.2, 0) is 9.59 Å². The molecule has 0 aliphatic heterocycles. The Hall–Kier alpha value is -3.53. The number of nitrogens with zero attached hydrogens (tertiary/aromatic N) is 2. The standard InChI is InChI=1S/C21H22N4O5S/c1-12(19(27)23-15-7-5-14(6-8-15)22-13(2)26)31-21-25-24-20(30-21)17-10-9-16(28-3)11-18(17)29-4/h5-12H,1-4H3,(H,22,26)(H,23,27)/t12-/m1/s1. The largest absolute Gasteiger partial charge is 0.497 e. The molecule has 0 aliphatic carbocycles. The first kappa shape index (κ1) is 22.2. The number of hydrogen-bond acceptors (Lipinski definition) is 8. The van der Waals surface area contributed by atoms with Crippen molar-refractivity contribution < 1.29 is 23.5 Å². The molecule has 162 valence electrons. The molecule has 0 fully saturated rings. The van der Waals surface area contributed by atoms with E-state index in [1.165, 1.54) is 6.92 Å². The Morgan fingerprint density at radius 2 is 1.68 bits per heavy atom. The summed E-state index contributed by atoms with van der Waals surface area (Å²) in [4.78, 5) is 23.6. The molecule has 0 unspecified atom stereocenters. The minimum atomic E-state index is -0.485. The van der Waals surface area contributed by atoms with E-state index in [4.69, 9.17) is 13.9 Å². The number of rotatable bonds is 8. The van der Waals surface area contributed by atoms with E-state index in [9.17, 15) is 9.59 Å². The summed E-state index contributed by atoms with van der Waals surface area (Å²) < 4.78 is 16.3. The Labute approximate surface area is 183 Å². The molecule has 1 aromatic heterocycles. The fourth-order valence-corrected chi connectivity index (χ4v) is 3.31. The van der Waals surface area contributed by atoms with Crippen LogP contribution in [0.3, 0.4) is 0 Å². The first-order valence-electron chi connectivity index (χ1n) is 9.30. The number of carbonyl (C=O) groups is 2. The van der Waals surface area contributed by atoms with Crippen molar-refractivity contribution >= 4 is 35.0 Å². The Morgan fingerprint density at radius 1 is 1.00 bits per heavy atom. The van der Waals surface area contributed by atoms with Crippen molar-refractivity contribution in [3.63, 3.8) is 0 Å². The third kappa shape index (κ3) is 5.76. The van der Waals surface area contributed by atoms with Crippen molar-refractivity contribution in [2.75, 3.05) is 24.9 Å². The van der Waals surface area contributed by atoms with Gasteiger partial charge in [-0.3, -0.25) is 9.59 Å². The predicted octanol–water partition coefficient (Wildman–Crippen LogP) is 3.83. The lowest BCUT2D eigenvalue weighted by Crippen LogP contribution is -2.22. The van der Waals surface area contributed by atoms with Crippen LogP contribution < -0.4 is 20.1 Å². The van der Waals surface area contributed by atoms with E-state index in [2.05, 4.69) is 20.8 Å². The lowest BCUT2D eigenvalue weighted by Gasteiger charge is -2.10. The van der Waals surface area contributed by atoms with Crippen LogP contribution in [0.1, 0.15) is 13.8 Å². The highest BCUT2D eigenvalue weighted by Gasteiger charge is 2.20. The number of carbonyl (C=O) groups excluding carboxylic acids is 2. The third-order valence-electron chi connectivity index (χ3n) is 4.17. The van der Waals surface area contributed by atoms with Gasteiger partial charge in [-0.2, -0.15) is 0 Å². The van der Waals surface area contributed by atoms with Gasteiger partial charge in [0.15, 0.2) is 0 Å². The maximum Gasteiger partial charge on any atom is 0.277 e. The van der Waals surface area contributed by atoms with Crippen LogP contribution in [0.4, 0.5) is 11.4 Å². The van der Waals surface area contributed by atoms with Crippen LogP contribution in [0.15, 0.2) is 52.1 Å². The molecular formula is C21H22N4O5S. The highest BCUT2D eigenvalue weighted by molar-refractivity contribution is 8.00. The average molecular weight is 442 g/mol. The molecule has 0 saturated heterocycles. The zero-order valence-corrected chi connectivity index (χ0v) is 18.3. The second-order valence-electron chi connectivity index (χ2n) is 6.45. The summed E-state index contributed by atoms with van der Waals surface area (Å²) >= 11 is 1.14. The molecular weight excluding hydrogens is 420 g/mol. The molecule has 3 rings (SSSR count). The first-order valence-corrected chi connectivity index (χ1v) is 10.2. The molecule has 3 aromatic rings. The van der Waals surface area contributed by atoms with Crippen LogP contribution in [0.25, 0.3) is 11.5 Å². The van der Waals surface area contributed by atoms with Gasteiger partial charge in [-0.25, -0.2) is 0 Å². The van der Waals surface area contributed by atoms with E-state index >= 15 is 0 Å². The minimum Gasteiger partial charge on any atom is -0.497 e. The zero-order chi connectivity index (χ0) is 22.4. The van der Waals surface area contributed by atoms with Crippen LogP contribution in [0.2, 0.25) is 0 Å². The number of hydrogen-bond donors (Lipinski definition) is 2. The van der Waals surface area contributed by atoms with Gasteiger partial charge in [0, 0.05) is 24.4 Å². The van der Waals surface area contributed by atoms with Crippen molar-refractivity contribution in [3.8, 4) is 23.0 Å². The summed E-state index contributed by atoms with van der Waals surface area (Å²) in [5, 5.41) is 13.3. The molecule has 0 spiro atoms. The predicted molar refractivity (Wildman–Crippen MR) is 118 cm³/mol. The monoisotopic (exact) mass is 442 g/mol. The number of methoxy groups -OCH3 is 2. The van der Waals surface area contributed by atoms with Crippen LogP contribution in [-0.4, -0.2) is 41.5 Å². The Balaban J connectivity index is 1.63. The van der Waals surface area contributed by atoms with Crippen LogP contribution in [0.5, 0.6) is 11.5 Å². The number of aromatic nitrogens is 2. The smallest absolute Gasteiger partial charge is 0.277 e. The molecule has 2 N–H and O–H groups in total. The average Bonchev–Trinajstić information content (AvgIpc) is 3.22. The molecule has 1 atom stereocenters. The van der Waals surface area contributed by atoms with Gasteiger partial charge in [0.25, 0.3) is 11.1 Å². The van der Waals surface area contributed by atoms with Crippen LogP contribution >= 0.6 is 11.8 Å². The Kier molecular flexibility index (Phi) is 7.14. The SMILES string of the molecule is COc1ccc(-c2nnc(S[C@H](C)C(=O)Nc3ccc(NC(C)=O)cc3)o2)c(OC)c1. The zero-order valence-electron chi connectivity index (χ0n) is 17.5. The molecule has 1 heterocycles. The van der Waals surface area contributed by atoms with Crippen molar-refractivity contribution in [3.05, 3.63) is 42.5 Å². The molecule has 0 aliphatic rings.